The maximum atomic E-state index is 12.7. The third-order valence-corrected chi connectivity index (χ3v) is 7.06. The number of amides is 4. The van der Waals surface area contributed by atoms with Gasteiger partial charge < -0.3 is 15.4 Å². The number of carbonyl (C=O) groups is 3. The van der Waals surface area contributed by atoms with E-state index < -0.39 is 5.54 Å². The summed E-state index contributed by atoms with van der Waals surface area (Å²) in [6.07, 6.45) is 6.48. The van der Waals surface area contributed by atoms with Crippen molar-refractivity contribution in [2.75, 3.05) is 33.3 Å². The van der Waals surface area contributed by atoms with Crippen LogP contribution in [0.25, 0.3) is 0 Å². The minimum Gasteiger partial charge on any atom is -0.497 e. The average molecular weight is 443 g/mol. The Morgan fingerprint density at radius 2 is 1.81 bits per heavy atom. The molecular weight excluding hydrogens is 408 g/mol. The van der Waals surface area contributed by atoms with Crippen molar-refractivity contribution in [3.05, 3.63) is 29.8 Å². The smallest absolute Gasteiger partial charge is 0.325 e. The van der Waals surface area contributed by atoms with Crippen LogP contribution in [0.1, 0.15) is 63.0 Å². The minimum absolute atomic E-state index is 0.0506. The van der Waals surface area contributed by atoms with Crippen molar-refractivity contribution in [2.45, 2.75) is 62.9 Å². The molecule has 1 atom stereocenters. The molecule has 1 unspecified atom stereocenters. The molecule has 8 nitrogen and oxygen atoms in total. The Morgan fingerprint density at radius 3 is 2.47 bits per heavy atom. The fraction of sp³-hybridized carbons (Fsp3) is 0.625. The summed E-state index contributed by atoms with van der Waals surface area (Å²) in [5, 5.41) is 5.95. The lowest BCUT2D eigenvalue weighted by molar-refractivity contribution is -0.131. The van der Waals surface area contributed by atoms with E-state index in [0.29, 0.717) is 19.4 Å². The Labute approximate surface area is 189 Å². The van der Waals surface area contributed by atoms with Gasteiger partial charge in [-0.3, -0.25) is 19.4 Å². The van der Waals surface area contributed by atoms with Gasteiger partial charge in [0.25, 0.3) is 5.91 Å². The van der Waals surface area contributed by atoms with E-state index in [-0.39, 0.29) is 30.4 Å². The summed E-state index contributed by atoms with van der Waals surface area (Å²) >= 11 is 0. The van der Waals surface area contributed by atoms with Gasteiger partial charge in [-0.25, -0.2) is 4.79 Å². The fourth-order valence-corrected chi connectivity index (χ4v) is 5.23. The number of nitrogens with zero attached hydrogens (tertiary/aromatic N) is 2. The van der Waals surface area contributed by atoms with Crippen LogP contribution in [0.4, 0.5) is 4.79 Å². The maximum Gasteiger partial charge on any atom is 0.325 e. The van der Waals surface area contributed by atoms with Crippen molar-refractivity contribution in [2.24, 2.45) is 0 Å². The Morgan fingerprint density at radius 1 is 1.12 bits per heavy atom. The average Bonchev–Trinajstić information content (AvgIpc) is 3.54. The second-order valence-corrected chi connectivity index (χ2v) is 9.12. The Balaban J connectivity index is 1.27. The van der Waals surface area contributed by atoms with Crippen molar-refractivity contribution in [3.63, 3.8) is 0 Å². The zero-order valence-electron chi connectivity index (χ0n) is 18.9. The molecule has 1 spiro atoms. The van der Waals surface area contributed by atoms with Crippen LogP contribution in [0.3, 0.4) is 0 Å². The molecule has 4 rings (SSSR count). The number of nitrogens with one attached hydrogen (secondary N) is 2. The van der Waals surface area contributed by atoms with Crippen molar-refractivity contribution < 1.29 is 19.1 Å². The number of imide groups is 1. The maximum absolute atomic E-state index is 12.7. The summed E-state index contributed by atoms with van der Waals surface area (Å²) in [7, 11) is 1.65. The van der Waals surface area contributed by atoms with E-state index in [1.807, 2.05) is 12.1 Å². The van der Waals surface area contributed by atoms with E-state index in [9.17, 15) is 14.4 Å². The number of methoxy groups -OCH3 is 1. The van der Waals surface area contributed by atoms with Gasteiger partial charge in [0.05, 0.1) is 13.2 Å². The second-order valence-electron chi connectivity index (χ2n) is 9.12. The van der Waals surface area contributed by atoms with Gasteiger partial charge in [-0.1, -0.05) is 25.0 Å². The molecule has 2 saturated heterocycles. The summed E-state index contributed by atoms with van der Waals surface area (Å²) in [4.78, 5) is 41.2. The highest BCUT2D eigenvalue weighted by Gasteiger charge is 2.52. The molecule has 0 aromatic heterocycles. The summed E-state index contributed by atoms with van der Waals surface area (Å²) in [5.74, 6) is 0.650. The number of benzene rings is 1. The molecule has 8 heteroatoms. The van der Waals surface area contributed by atoms with E-state index >= 15 is 0 Å². The Hall–Kier alpha value is -2.61. The first-order valence-electron chi connectivity index (χ1n) is 11.8. The van der Waals surface area contributed by atoms with Crippen LogP contribution in [0.15, 0.2) is 24.3 Å². The SMILES string of the molecule is COc1ccc(C(CNC(=O)CCCN2C(=O)NC3(CCCC3)C2=O)N2CCCC2)cc1. The first-order chi connectivity index (χ1) is 15.5. The minimum atomic E-state index is -0.680. The van der Waals surface area contributed by atoms with Gasteiger partial charge in [0, 0.05) is 19.5 Å². The van der Waals surface area contributed by atoms with Gasteiger partial charge in [-0.2, -0.15) is 0 Å². The van der Waals surface area contributed by atoms with Gasteiger partial charge in [0.15, 0.2) is 0 Å². The first-order valence-corrected chi connectivity index (χ1v) is 11.8. The molecule has 32 heavy (non-hydrogen) atoms. The first kappa shape index (κ1) is 22.6. The quantitative estimate of drug-likeness (QED) is 0.574. The zero-order chi connectivity index (χ0) is 22.6. The summed E-state index contributed by atoms with van der Waals surface area (Å²) in [6, 6.07) is 7.84. The second kappa shape index (κ2) is 9.90. The van der Waals surface area contributed by atoms with Crippen molar-refractivity contribution >= 4 is 17.8 Å². The number of rotatable bonds is 9. The van der Waals surface area contributed by atoms with Crippen LogP contribution in [0, 0.1) is 0 Å². The highest BCUT2D eigenvalue weighted by atomic mass is 16.5. The standard InChI is InChI=1S/C24H34N4O4/c1-32-19-10-8-18(9-11-19)20(27-14-4-5-15-27)17-25-21(29)7-6-16-28-22(30)24(26-23(28)31)12-2-3-13-24/h8-11,20H,2-7,12-17H2,1H3,(H,25,29)(H,26,31). The Bertz CT molecular complexity index is 829. The van der Waals surface area contributed by atoms with Crippen LogP contribution in [-0.2, 0) is 9.59 Å². The largest absolute Gasteiger partial charge is 0.497 e. The van der Waals surface area contributed by atoms with Crippen LogP contribution in [0.5, 0.6) is 5.75 Å². The highest BCUT2D eigenvalue weighted by Crippen LogP contribution is 2.35. The summed E-state index contributed by atoms with van der Waals surface area (Å²) in [6.45, 7) is 2.88. The predicted octanol–water partition coefficient (Wildman–Crippen LogP) is 2.59. The highest BCUT2D eigenvalue weighted by molar-refractivity contribution is 6.07. The lowest BCUT2D eigenvalue weighted by Gasteiger charge is -2.28. The van der Waals surface area contributed by atoms with Gasteiger partial charge >= 0.3 is 6.03 Å². The van der Waals surface area contributed by atoms with E-state index in [0.717, 1.165) is 50.1 Å². The molecule has 1 aliphatic carbocycles. The van der Waals surface area contributed by atoms with Gasteiger partial charge in [-0.05, 0) is 62.9 Å². The van der Waals surface area contributed by atoms with Crippen LogP contribution < -0.4 is 15.4 Å². The van der Waals surface area contributed by atoms with E-state index in [1.165, 1.54) is 17.7 Å². The number of hydrogen-bond acceptors (Lipinski definition) is 5. The normalized spacial score (nSPS) is 21.2. The molecular formula is C24H34N4O4. The summed E-state index contributed by atoms with van der Waals surface area (Å²) in [5.41, 5.74) is 0.481. The molecule has 0 bridgehead atoms. The predicted molar refractivity (Wildman–Crippen MR) is 120 cm³/mol. The van der Waals surface area contributed by atoms with Crippen molar-refractivity contribution in [1.29, 1.82) is 0 Å². The number of urea groups is 1. The third kappa shape index (κ3) is 4.75. The molecule has 2 N–H and O–H groups in total. The monoisotopic (exact) mass is 442 g/mol. The van der Waals surface area contributed by atoms with Crippen molar-refractivity contribution in [3.8, 4) is 5.75 Å². The molecule has 4 amide bonds. The molecule has 3 aliphatic rings. The lowest BCUT2D eigenvalue weighted by atomic mass is 9.98. The van der Waals surface area contributed by atoms with E-state index in [2.05, 4.69) is 27.7 Å². The fourth-order valence-electron chi connectivity index (χ4n) is 5.23. The van der Waals surface area contributed by atoms with Crippen LogP contribution >= 0.6 is 0 Å². The molecule has 3 fully saturated rings. The van der Waals surface area contributed by atoms with Crippen LogP contribution in [0.2, 0.25) is 0 Å². The van der Waals surface area contributed by atoms with Gasteiger partial charge in [0.1, 0.15) is 11.3 Å². The van der Waals surface area contributed by atoms with Crippen LogP contribution in [-0.4, -0.2) is 66.5 Å². The number of carbonyl (C=O) groups excluding carboxylic acids is 3. The van der Waals surface area contributed by atoms with Gasteiger partial charge in [-0.15, -0.1) is 0 Å². The number of likely N-dealkylation sites (tertiary alicyclic amines) is 1. The third-order valence-electron chi connectivity index (χ3n) is 7.06. The molecule has 1 aromatic carbocycles. The van der Waals surface area contributed by atoms with E-state index in [1.54, 1.807) is 7.11 Å². The van der Waals surface area contributed by atoms with Gasteiger partial charge in [0.2, 0.25) is 5.91 Å². The number of hydrogen-bond donors (Lipinski definition) is 2. The zero-order valence-corrected chi connectivity index (χ0v) is 18.9. The molecule has 0 radical (unpaired) electrons. The lowest BCUT2D eigenvalue weighted by Crippen LogP contribution is -2.44. The topological polar surface area (TPSA) is 91.0 Å². The molecule has 1 saturated carbocycles. The summed E-state index contributed by atoms with van der Waals surface area (Å²) < 4.78 is 5.27. The molecule has 174 valence electrons. The molecule has 2 aliphatic heterocycles. The number of ether oxygens (including phenoxy) is 1. The molecule has 2 heterocycles. The Kier molecular flexibility index (Phi) is 6.98. The van der Waals surface area contributed by atoms with E-state index in [4.69, 9.17) is 4.74 Å². The molecule has 1 aromatic rings. The van der Waals surface area contributed by atoms with Crippen molar-refractivity contribution in [1.82, 2.24) is 20.4 Å².